The number of hydrogen-bond donors (Lipinski definition) is 1. The minimum absolute atomic E-state index is 0.131. The van der Waals surface area contributed by atoms with E-state index in [4.69, 9.17) is 4.74 Å². The summed E-state index contributed by atoms with van der Waals surface area (Å²) >= 11 is 0. The predicted octanol–water partition coefficient (Wildman–Crippen LogP) is 4.87. The van der Waals surface area contributed by atoms with Gasteiger partial charge in [-0.3, -0.25) is 4.79 Å². The smallest absolute Gasteiger partial charge is 0.228 e. The minimum atomic E-state index is -0.319. The van der Waals surface area contributed by atoms with Crippen LogP contribution in [0.2, 0.25) is 0 Å². The number of benzene rings is 3. The molecule has 0 atom stereocenters. The van der Waals surface area contributed by atoms with Gasteiger partial charge >= 0.3 is 0 Å². The number of rotatable bonds is 6. The van der Waals surface area contributed by atoms with E-state index in [0.29, 0.717) is 11.4 Å². The highest BCUT2D eigenvalue weighted by molar-refractivity contribution is 5.93. The lowest BCUT2D eigenvalue weighted by atomic mass is 10.1. The molecule has 0 aliphatic rings. The molecule has 0 unspecified atom stereocenters. The number of aromatic nitrogens is 2. The van der Waals surface area contributed by atoms with E-state index in [2.05, 4.69) is 10.4 Å². The lowest BCUT2D eigenvalue weighted by molar-refractivity contribution is -0.115. The number of amides is 1. The van der Waals surface area contributed by atoms with Crippen LogP contribution in [0.4, 0.5) is 10.1 Å². The van der Waals surface area contributed by atoms with Crippen molar-refractivity contribution in [3.8, 4) is 22.7 Å². The summed E-state index contributed by atoms with van der Waals surface area (Å²) in [5.41, 5.74) is 3.70. The third-order valence-electron chi connectivity index (χ3n) is 4.65. The van der Waals surface area contributed by atoms with Crippen molar-refractivity contribution in [1.82, 2.24) is 9.78 Å². The molecule has 0 radical (unpaired) electrons. The quantitative estimate of drug-likeness (QED) is 0.502. The topological polar surface area (TPSA) is 56.1 Å². The van der Waals surface area contributed by atoms with Gasteiger partial charge in [0.2, 0.25) is 5.91 Å². The maximum atomic E-state index is 13.4. The summed E-state index contributed by atoms with van der Waals surface area (Å²) in [5.74, 6) is 0.229. The van der Waals surface area contributed by atoms with Gasteiger partial charge < -0.3 is 10.1 Å². The third kappa shape index (κ3) is 4.38. The monoisotopic (exact) mass is 401 g/mol. The molecule has 30 heavy (non-hydrogen) atoms. The van der Waals surface area contributed by atoms with E-state index in [1.165, 1.54) is 12.1 Å². The molecule has 0 bridgehead atoms. The fraction of sp³-hybridized carbons (Fsp3) is 0.0833. The van der Waals surface area contributed by atoms with Crippen molar-refractivity contribution in [2.24, 2.45) is 0 Å². The van der Waals surface area contributed by atoms with Gasteiger partial charge in [0.25, 0.3) is 0 Å². The second-order valence-electron chi connectivity index (χ2n) is 6.74. The van der Waals surface area contributed by atoms with Gasteiger partial charge in [-0.2, -0.15) is 5.10 Å². The van der Waals surface area contributed by atoms with E-state index in [-0.39, 0.29) is 18.1 Å². The van der Waals surface area contributed by atoms with Gasteiger partial charge in [-0.15, -0.1) is 0 Å². The largest absolute Gasteiger partial charge is 0.497 e. The van der Waals surface area contributed by atoms with Crippen LogP contribution in [0, 0.1) is 5.82 Å². The Hall–Kier alpha value is -3.93. The number of carbonyl (C=O) groups is 1. The van der Waals surface area contributed by atoms with Crippen LogP contribution in [0.1, 0.15) is 5.56 Å². The van der Waals surface area contributed by atoms with Gasteiger partial charge in [-0.1, -0.05) is 18.2 Å². The van der Waals surface area contributed by atoms with Crippen LogP contribution in [0.25, 0.3) is 16.9 Å². The highest BCUT2D eigenvalue weighted by Gasteiger charge is 2.16. The lowest BCUT2D eigenvalue weighted by Gasteiger charge is -2.07. The molecule has 3 aromatic carbocycles. The number of methoxy groups -OCH3 is 1. The number of para-hydroxylation sites is 1. The van der Waals surface area contributed by atoms with Crippen molar-refractivity contribution in [2.45, 2.75) is 6.42 Å². The molecule has 0 saturated carbocycles. The van der Waals surface area contributed by atoms with E-state index < -0.39 is 0 Å². The zero-order chi connectivity index (χ0) is 20.9. The average molecular weight is 401 g/mol. The van der Waals surface area contributed by atoms with Gasteiger partial charge in [-0.25, -0.2) is 9.07 Å². The van der Waals surface area contributed by atoms with Gasteiger partial charge in [0.15, 0.2) is 0 Å². The molecule has 0 saturated heterocycles. The van der Waals surface area contributed by atoms with Crippen LogP contribution >= 0.6 is 0 Å². The van der Waals surface area contributed by atoms with Gasteiger partial charge in [0.05, 0.1) is 24.9 Å². The first kappa shape index (κ1) is 19.4. The SMILES string of the molecule is COc1ccc(NC(=O)Cc2cn(-c3ccccc3)nc2-c2ccc(F)cc2)cc1. The van der Waals surface area contributed by atoms with E-state index >= 15 is 0 Å². The molecular weight excluding hydrogens is 381 g/mol. The van der Waals surface area contributed by atoms with Crippen LogP contribution in [0.3, 0.4) is 0 Å². The molecule has 0 fully saturated rings. The number of anilines is 1. The Balaban J connectivity index is 1.62. The molecule has 0 spiro atoms. The number of hydrogen-bond acceptors (Lipinski definition) is 3. The van der Waals surface area contributed by atoms with Crippen molar-refractivity contribution in [3.63, 3.8) is 0 Å². The number of ether oxygens (including phenoxy) is 1. The zero-order valence-electron chi connectivity index (χ0n) is 16.4. The standard InChI is InChI=1S/C24H20FN3O2/c1-30-22-13-11-20(12-14-22)26-23(29)15-18-16-28(21-5-3-2-4-6-21)27-24(18)17-7-9-19(25)10-8-17/h2-14,16H,15H2,1H3,(H,26,29). The molecule has 1 heterocycles. The molecular formula is C24H20FN3O2. The highest BCUT2D eigenvalue weighted by Crippen LogP contribution is 2.25. The van der Waals surface area contributed by atoms with E-state index in [1.54, 1.807) is 48.2 Å². The van der Waals surface area contributed by atoms with Crippen molar-refractivity contribution >= 4 is 11.6 Å². The normalized spacial score (nSPS) is 10.6. The van der Waals surface area contributed by atoms with E-state index in [9.17, 15) is 9.18 Å². The Kier molecular flexibility index (Phi) is 5.57. The molecule has 5 nitrogen and oxygen atoms in total. The molecule has 0 aliphatic heterocycles. The number of halogens is 1. The Morgan fingerprint density at radius 3 is 2.37 bits per heavy atom. The Bertz CT molecular complexity index is 1140. The van der Waals surface area contributed by atoms with Crippen LogP contribution in [-0.4, -0.2) is 22.8 Å². The minimum Gasteiger partial charge on any atom is -0.497 e. The first-order valence-corrected chi connectivity index (χ1v) is 9.46. The molecule has 150 valence electrons. The molecule has 1 amide bonds. The zero-order valence-corrected chi connectivity index (χ0v) is 16.4. The van der Waals surface area contributed by atoms with Crippen LogP contribution < -0.4 is 10.1 Å². The van der Waals surface area contributed by atoms with Crippen molar-refractivity contribution in [2.75, 3.05) is 12.4 Å². The van der Waals surface area contributed by atoms with Crippen molar-refractivity contribution in [3.05, 3.63) is 96.4 Å². The summed E-state index contributed by atoms with van der Waals surface area (Å²) in [4.78, 5) is 12.7. The maximum Gasteiger partial charge on any atom is 0.228 e. The summed E-state index contributed by atoms with van der Waals surface area (Å²) in [6, 6.07) is 22.9. The summed E-state index contributed by atoms with van der Waals surface area (Å²) in [6.45, 7) is 0. The Labute approximate surface area is 173 Å². The predicted molar refractivity (Wildman–Crippen MR) is 114 cm³/mol. The third-order valence-corrected chi connectivity index (χ3v) is 4.65. The molecule has 6 heteroatoms. The number of nitrogens with zero attached hydrogens (tertiary/aromatic N) is 2. The molecule has 1 aromatic heterocycles. The first-order valence-electron chi connectivity index (χ1n) is 9.46. The fourth-order valence-corrected chi connectivity index (χ4v) is 3.16. The van der Waals surface area contributed by atoms with Crippen molar-refractivity contribution in [1.29, 1.82) is 0 Å². The van der Waals surface area contributed by atoms with Crippen molar-refractivity contribution < 1.29 is 13.9 Å². The summed E-state index contributed by atoms with van der Waals surface area (Å²) < 4.78 is 20.2. The van der Waals surface area contributed by atoms with Gasteiger partial charge in [0.1, 0.15) is 11.6 Å². The maximum absolute atomic E-state index is 13.4. The molecule has 4 rings (SSSR count). The van der Waals surface area contributed by atoms with Gasteiger partial charge in [0, 0.05) is 23.0 Å². The second-order valence-corrected chi connectivity index (χ2v) is 6.74. The average Bonchev–Trinajstić information content (AvgIpc) is 3.19. The molecule has 0 aliphatic carbocycles. The highest BCUT2D eigenvalue weighted by atomic mass is 19.1. The van der Waals surface area contributed by atoms with Crippen LogP contribution in [-0.2, 0) is 11.2 Å². The summed E-state index contributed by atoms with van der Waals surface area (Å²) in [5, 5.41) is 7.55. The van der Waals surface area contributed by atoms with E-state index in [1.807, 2.05) is 36.5 Å². The second kappa shape index (κ2) is 8.61. The lowest BCUT2D eigenvalue weighted by Crippen LogP contribution is -2.14. The van der Waals surface area contributed by atoms with Crippen LogP contribution in [0.15, 0.2) is 85.1 Å². The van der Waals surface area contributed by atoms with Crippen LogP contribution in [0.5, 0.6) is 5.75 Å². The van der Waals surface area contributed by atoms with Gasteiger partial charge in [-0.05, 0) is 60.7 Å². The Morgan fingerprint density at radius 2 is 1.70 bits per heavy atom. The van der Waals surface area contributed by atoms with E-state index in [0.717, 1.165) is 22.6 Å². The fourth-order valence-electron chi connectivity index (χ4n) is 3.16. The summed E-state index contributed by atoms with van der Waals surface area (Å²) in [6.07, 6.45) is 1.97. The first-order chi connectivity index (χ1) is 14.6. The molecule has 1 N–H and O–H groups in total. The number of nitrogens with one attached hydrogen (secondary N) is 1. The molecule has 4 aromatic rings. The summed E-state index contributed by atoms with van der Waals surface area (Å²) in [7, 11) is 1.59. The Morgan fingerprint density at radius 1 is 1.00 bits per heavy atom. The number of carbonyl (C=O) groups excluding carboxylic acids is 1.